The zero-order valence-corrected chi connectivity index (χ0v) is 13.6. The molecule has 9 heteroatoms. The summed E-state index contributed by atoms with van der Waals surface area (Å²) in [4.78, 5) is -0.0712. The Labute approximate surface area is 130 Å². The van der Waals surface area contributed by atoms with Gasteiger partial charge in [-0.2, -0.15) is 0 Å². The summed E-state index contributed by atoms with van der Waals surface area (Å²) in [5.41, 5.74) is 0. The number of nitrogens with zero attached hydrogens (tertiary/aromatic N) is 1. The van der Waals surface area contributed by atoms with Crippen LogP contribution >= 0.6 is 0 Å². The zero-order valence-electron chi connectivity index (χ0n) is 10.00. The second kappa shape index (κ2) is 7.68. The van der Waals surface area contributed by atoms with E-state index in [-0.39, 0.29) is 46.8 Å². The van der Waals surface area contributed by atoms with Crippen molar-refractivity contribution >= 4 is 21.1 Å². The van der Waals surface area contributed by atoms with E-state index in [1.807, 2.05) is 0 Å². The number of sulfonamides is 1. The molecule has 0 N–H and O–H groups in total. The van der Waals surface area contributed by atoms with Crippen LogP contribution in [0.2, 0.25) is 0 Å². The molecule has 0 aliphatic carbocycles. The van der Waals surface area contributed by atoms with Gasteiger partial charge in [-0.15, -0.1) is 0 Å². The van der Waals surface area contributed by atoms with E-state index in [2.05, 4.69) is 0 Å². The van der Waals surface area contributed by atoms with Gasteiger partial charge in [-0.3, -0.25) is 4.21 Å². The summed E-state index contributed by atoms with van der Waals surface area (Å²) in [6.07, 6.45) is 0. The first-order valence-electron chi connectivity index (χ1n) is 4.62. The maximum absolute atomic E-state index is 12.6. The molecular formula is C9H11FNNaO4S2. The van der Waals surface area contributed by atoms with Gasteiger partial charge in [0.2, 0.25) is 10.0 Å². The summed E-state index contributed by atoms with van der Waals surface area (Å²) in [5, 5.41) is 0. The summed E-state index contributed by atoms with van der Waals surface area (Å²) in [6, 6.07) is 4.34. The molecule has 0 spiro atoms. The van der Waals surface area contributed by atoms with E-state index in [1.54, 1.807) is 0 Å². The molecule has 0 fully saturated rings. The monoisotopic (exact) mass is 303 g/mol. The molecule has 1 unspecified atom stereocenters. The molecular weight excluding hydrogens is 292 g/mol. The standard InChI is InChI=1S/C9H12FNO4S2.Na/c1-11(6-7-16(12)13)17(14,15)9-4-2-8(10)3-5-9;/h2-5H,6-7H2,1H3,(H,12,13);/q;+1/p-1. The van der Waals surface area contributed by atoms with Gasteiger partial charge in [0.05, 0.1) is 4.90 Å². The van der Waals surface area contributed by atoms with E-state index >= 15 is 0 Å². The molecule has 0 amide bonds. The third kappa shape index (κ3) is 5.04. The minimum atomic E-state index is -3.76. The van der Waals surface area contributed by atoms with Gasteiger partial charge >= 0.3 is 29.6 Å². The molecule has 0 aliphatic rings. The number of halogens is 1. The van der Waals surface area contributed by atoms with Gasteiger partial charge < -0.3 is 4.55 Å². The van der Waals surface area contributed by atoms with Crippen molar-refractivity contribution in [1.29, 1.82) is 0 Å². The molecule has 0 radical (unpaired) electrons. The van der Waals surface area contributed by atoms with Gasteiger partial charge in [0.15, 0.2) is 0 Å². The van der Waals surface area contributed by atoms with Crippen molar-refractivity contribution in [3.63, 3.8) is 0 Å². The summed E-state index contributed by atoms with van der Waals surface area (Å²) in [6.45, 7) is -0.143. The Morgan fingerprint density at radius 1 is 1.33 bits per heavy atom. The molecule has 0 bridgehead atoms. The topological polar surface area (TPSA) is 77.5 Å². The van der Waals surface area contributed by atoms with Crippen molar-refractivity contribution in [2.75, 3.05) is 19.3 Å². The van der Waals surface area contributed by atoms with Crippen LogP contribution in [-0.4, -0.2) is 40.8 Å². The van der Waals surface area contributed by atoms with Crippen LogP contribution in [0.5, 0.6) is 0 Å². The number of benzene rings is 1. The van der Waals surface area contributed by atoms with Crippen LogP contribution in [-0.2, 0) is 21.1 Å². The predicted molar refractivity (Wildman–Crippen MR) is 60.0 cm³/mol. The van der Waals surface area contributed by atoms with Crippen LogP contribution in [0.3, 0.4) is 0 Å². The largest absolute Gasteiger partial charge is 1.00 e. The van der Waals surface area contributed by atoms with Crippen LogP contribution in [0.4, 0.5) is 4.39 Å². The number of hydrogen-bond donors (Lipinski definition) is 0. The van der Waals surface area contributed by atoms with Crippen molar-refractivity contribution in [2.24, 2.45) is 0 Å². The Morgan fingerprint density at radius 2 is 1.83 bits per heavy atom. The van der Waals surface area contributed by atoms with Gasteiger partial charge in [0.1, 0.15) is 5.82 Å². The van der Waals surface area contributed by atoms with E-state index in [0.717, 1.165) is 28.6 Å². The van der Waals surface area contributed by atoms with Crippen molar-refractivity contribution in [1.82, 2.24) is 4.31 Å². The first-order chi connectivity index (χ1) is 7.84. The van der Waals surface area contributed by atoms with Crippen molar-refractivity contribution in [3.05, 3.63) is 30.1 Å². The Kier molecular flexibility index (Phi) is 7.76. The number of rotatable bonds is 5. The van der Waals surface area contributed by atoms with Crippen molar-refractivity contribution in [2.45, 2.75) is 4.90 Å². The third-order valence-corrected chi connectivity index (χ3v) is 4.48. The molecule has 1 aromatic carbocycles. The molecule has 5 nitrogen and oxygen atoms in total. The first-order valence-corrected chi connectivity index (χ1v) is 7.30. The fourth-order valence-corrected chi connectivity index (χ4v) is 2.82. The molecule has 0 saturated carbocycles. The second-order valence-corrected chi connectivity index (χ2v) is 6.35. The second-order valence-electron chi connectivity index (χ2n) is 3.29. The van der Waals surface area contributed by atoms with Crippen molar-refractivity contribution < 1.29 is 51.1 Å². The van der Waals surface area contributed by atoms with E-state index in [4.69, 9.17) is 0 Å². The Hall–Kier alpha value is 0.170. The fourth-order valence-electron chi connectivity index (χ4n) is 1.11. The van der Waals surface area contributed by atoms with Crippen LogP contribution in [0.15, 0.2) is 29.2 Å². The molecule has 1 aromatic rings. The molecule has 0 heterocycles. The maximum Gasteiger partial charge on any atom is 1.00 e. The number of hydrogen-bond acceptors (Lipinski definition) is 4. The summed E-state index contributed by atoms with van der Waals surface area (Å²) in [5.74, 6) is -0.816. The van der Waals surface area contributed by atoms with E-state index in [9.17, 15) is 21.6 Å². The average molecular weight is 303 g/mol. The SMILES string of the molecule is CN(CCS(=O)[O-])S(=O)(=O)c1ccc(F)cc1.[Na+]. The van der Waals surface area contributed by atoms with E-state index in [1.165, 1.54) is 7.05 Å². The third-order valence-electron chi connectivity index (χ3n) is 2.09. The molecule has 1 atom stereocenters. The van der Waals surface area contributed by atoms with Crippen LogP contribution in [0.25, 0.3) is 0 Å². The van der Waals surface area contributed by atoms with E-state index in [0.29, 0.717) is 0 Å². The molecule has 0 aliphatic heterocycles. The molecule has 0 aromatic heterocycles. The van der Waals surface area contributed by atoms with Crippen LogP contribution < -0.4 is 29.6 Å². The van der Waals surface area contributed by atoms with Gasteiger partial charge in [-0.05, 0) is 24.3 Å². The van der Waals surface area contributed by atoms with Gasteiger partial charge in [0.25, 0.3) is 0 Å². The fraction of sp³-hybridized carbons (Fsp3) is 0.333. The van der Waals surface area contributed by atoms with E-state index < -0.39 is 26.9 Å². The van der Waals surface area contributed by atoms with Gasteiger partial charge in [-0.25, -0.2) is 17.1 Å². The zero-order chi connectivity index (χ0) is 13.1. The van der Waals surface area contributed by atoms with Crippen LogP contribution in [0, 0.1) is 5.82 Å². The Balaban J connectivity index is 0.00000289. The molecule has 1 rings (SSSR count). The first kappa shape index (κ1) is 18.2. The summed E-state index contributed by atoms with van der Waals surface area (Å²) in [7, 11) is -2.49. The summed E-state index contributed by atoms with van der Waals surface area (Å²) >= 11 is -2.30. The minimum Gasteiger partial charge on any atom is -0.772 e. The Morgan fingerprint density at radius 3 is 2.28 bits per heavy atom. The smallest absolute Gasteiger partial charge is 0.772 e. The Bertz CT molecular complexity index is 506. The quantitative estimate of drug-likeness (QED) is 0.439. The molecule has 0 saturated heterocycles. The summed E-state index contributed by atoms with van der Waals surface area (Å²) < 4.78 is 58.0. The van der Waals surface area contributed by atoms with Crippen LogP contribution in [0.1, 0.15) is 0 Å². The molecule has 96 valence electrons. The average Bonchev–Trinajstić information content (AvgIpc) is 2.26. The van der Waals surface area contributed by atoms with Gasteiger partial charge in [0, 0.05) is 19.3 Å². The predicted octanol–water partition coefficient (Wildman–Crippen LogP) is -2.67. The maximum atomic E-state index is 12.6. The normalized spacial score (nSPS) is 13.1. The molecule has 18 heavy (non-hydrogen) atoms. The minimum absolute atomic E-state index is 0. The van der Waals surface area contributed by atoms with Gasteiger partial charge in [-0.1, -0.05) is 11.1 Å². The van der Waals surface area contributed by atoms with Crippen molar-refractivity contribution in [3.8, 4) is 0 Å².